The van der Waals surface area contributed by atoms with E-state index in [4.69, 9.17) is 5.11 Å². The lowest BCUT2D eigenvalue weighted by molar-refractivity contribution is -0.131. The third-order valence-electron chi connectivity index (χ3n) is 3.48. The Labute approximate surface area is 146 Å². The van der Waals surface area contributed by atoms with Gasteiger partial charge in [0.05, 0.1) is 6.08 Å². The Morgan fingerprint density at radius 1 is 1.04 bits per heavy atom. The van der Waals surface area contributed by atoms with Gasteiger partial charge in [0.1, 0.15) is 5.82 Å². The molecular weight excluding hydrogens is 318 g/mol. The first kappa shape index (κ1) is 18.1. The maximum Gasteiger partial charge on any atom is 0.331 e. The summed E-state index contributed by atoms with van der Waals surface area (Å²) >= 11 is 0. The fourth-order valence-electron chi connectivity index (χ4n) is 2.24. The zero-order valence-electron chi connectivity index (χ0n) is 13.9. The van der Waals surface area contributed by atoms with Crippen LogP contribution < -0.4 is 16.0 Å². The average molecular weight is 339 g/mol. The molecule has 1 atom stereocenters. The van der Waals surface area contributed by atoms with Crippen LogP contribution in [0.2, 0.25) is 0 Å². The molecule has 0 aliphatic rings. The molecule has 0 saturated heterocycles. The molecule has 0 radical (unpaired) electrons. The van der Waals surface area contributed by atoms with E-state index >= 15 is 0 Å². The van der Waals surface area contributed by atoms with Gasteiger partial charge in [-0.15, -0.1) is 0 Å². The third kappa shape index (κ3) is 6.39. The molecule has 0 spiro atoms. The van der Waals surface area contributed by atoms with E-state index in [1.54, 1.807) is 0 Å². The number of hydrogen-bond acceptors (Lipinski definition) is 3. The summed E-state index contributed by atoms with van der Waals surface area (Å²) in [6.07, 6.45) is 0.932. The van der Waals surface area contributed by atoms with Gasteiger partial charge in [-0.25, -0.2) is 9.59 Å². The first-order valence-electron chi connectivity index (χ1n) is 7.89. The van der Waals surface area contributed by atoms with Crippen LogP contribution in [0.15, 0.2) is 72.6 Å². The van der Waals surface area contributed by atoms with Crippen LogP contribution in [-0.4, -0.2) is 17.1 Å². The van der Waals surface area contributed by atoms with Crippen LogP contribution in [0.3, 0.4) is 0 Å². The zero-order valence-corrected chi connectivity index (χ0v) is 13.9. The summed E-state index contributed by atoms with van der Waals surface area (Å²) in [6, 6.07) is 18.3. The summed E-state index contributed by atoms with van der Waals surface area (Å²) in [4.78, 5) is 23.0. The summed E-state index contributed by atoms with van der Waals surface area (Å²) in [7, 11) is 0. The summed E-state index contributed by atoms with van der Waals surface area (Å²) in [6.45, 7) is 2.23. The van der Waals surface area contributed by atoms with Gasteiger partial charge in [-0.1, -0.05) is 60.7 Å². The number of benzene rings is 2. The van der Waals surface area contributed by atoms with Crippen LogP contribution in [0.25, 0.3) is 0 Å². The topological polar surface area (TPSA) is 90.5 Å². The number of carboxylic acids is 1. The number of carbonyl (C=O) groups excluding carboxylic acids is 1. The van der Waals surface area contributed by atoms with E-state index in [0.717, 1.165) is 17.2 Å². The van der Waals surface area contributed by atoms with Crippen molar-refractivity contribution in [1.29, 1.82) is 0 Å². The Bertz CT molecular complexity index is 730. The van der Waals surface area contributed by atoms with Crippen LogP contribution in [0.1, 0.15) is 24.1 Å². The van der Waals surface area contributed by atoms with E-state index < -0.39 is 12.0 Å². The van der Waals surface area contributed by atoms with Gasteiger partial charge in [0, 0.05) is 12.6 Å². The van der Waals surface area contributed by atoms with Gasteiger partial charge in [0.15, 0.2) is 0 Å². The van der Waals surface area contributed by atoms with Gasteiger partial charge in [-0.2, -0.15) is 0 Å². The molecule has 0 fully saturated rings. The van der Waals surface area contributed by atoms with Gasteiger partial charge >= 0.3 is 12.0 Å². The Morgan fingerprint density at radius 2 is 1.64 bits per heavy atom. The van der Waals surface area contributed by atoms with Crippen LogP contribution >= 0.6 is 0 Å². The molecule has 0 aromatic heterocycles. The first-order valence-corrected chi connectivity index (χ1v) is 7.89. The summed E-state index contributed by atoms with van der Waals surface area (Å²) in [5.41, 5.74) is 1.93. The molecule has 2 aromatic rings. The third-order valence-corrected chi connectivity index (χ3v) is 3.48. The Morgan fingerprint density at radius 3 is 2.24 bits per heavy atom. The van der Waals surface area contributed by atoms with Crippen LogP contribution in [0.5, 0.6) is 0 Å². The number of nitrogens with one attached hydrogen (secondary N) is 3. The molecule has 0 heterocycles. The predicted molar refractivity (Wildman–Crippen MR) is 95.5 cm³/mol. The molecule has 0 aliphatic heterocycles. The van der Waals surface area contributed by atoms with Crippen LogP contribution in [0.4, 0.5) is 4.79 Å². The van der Waals surface area contributed by atoms with Gasteiger partial charge in [0.2, 0.25) is 0 Å². The van der Waals surface area contributed by atoms with Crippen molar-refractivity contribution in [2.45, 2.75) is 19.5 Å². The lowest BCUT2D eigenvalue weighted by Gasteiger charge is -2.19. The molecule has 0 aliphatic carbocycles. The van der Waals surface area contributed by atoms with E-state index in [1.165, 1.54) is 0 Å². The van der Waals surface area contributed by atoms with Gasteiger partial charge in [0.25, 0.3) is 0 Å². The number of amides is 2. The number of carbonyl (C=O) groups is 2. The summed E-state index contributed by atoms with van der Waals surface area (Å²) < 4.78 is 0. The fourth-order valence-corrected chi connectivity index (χ4v) is 2.24. The molecule has 6 heteroatoms. The largest absolute Gasteiger partial charge is 0.478 e. The summed E-state index contributed by atoms with van der Waals surface area (Å²) in [5, 5.41) is 17.2. The van der Waals surface area contributed by atoms with E-state index in [1.807, 2.05) is 67.6 Å². The second-order valence-electron chi connectivity index (χ2n) is 5.47. The highest BCUT2D eigenvalue weighted by Gasteiger charge is 2.11. The quantitative estimate of drug-likeness (QED) is 0.584. The van der Waals surface area contributed by atoms with Crippen molar-refractivity contribution in [3.8, 4) is 0 Å². The molecule has 2 amide bonds. The van der Waals surface area contributed by atoms with Gasteiger partial charge in [-0.3, -0.25) is 5.32 Å². The van der Waals surface area contributed by atoms with Crippen LogP contribution in [-0.2, 0) is 11.3 Å². The van der Waals surface area contributed by atoms with Crippen molar-refractivity contribution in [3.63, 3.8) is 0 Å². The van der Waals surface area contributed by atoms with Gasteiger partial charge < -0.3 is 15.7 Å². The SMILES string of the molecule is CC(N/C(=C/C(=O)O)NC(=O)NCc1ccccc1)c1ccccc1. The first-order chi connectivity index (χ1) is 12.0. The molecular formula is C19H21N3O3. The number of aliphatic carboxylic acids is 1. The Hall–Kier alpha value is -3.28. The fraction of sp³-hybridized carbons (Fsp3) is 0.158. The smallest absolute Gasteiger partial charge is 0.331 e. The molecule has 130 valence electrons. The number of hydrogen-bond donors (Lipinski definition) is 4. The monoisotopic (exact) mass is 339 g/mol. The molecule has 0 bridgehead atoms. The van der Waals surface area contributed by atoms with Crippen molar-refractivity contribution in [1.82, 2.24) is 16.0 Å². The van der Waals surface area contributed by atoms with E-state index in [-0.39, 0.29) is 11.9 Å². The van der Waals surface area contributed by atoms with Crippen molar-refractivity contribution in [2.75, 3.05) is 0 Å². The Kier molecular flexibility index (Phi) is 6.59. The second-order valence-corrected chi connectivity index (χ2v) is 5.47. The van der Waals surface area contributed by atoms with Crippen LogP contribution in [0, 0.1) is 0 Å². The number of urea groups is 1. The standard InChI is InChI=1S/C19H21N3O3/c1-14(16-10-6-3-7-11-16)21-17(12-18(23)24)22-19(25)20-13-15-8-4-2-5-9-15/h2-12,14,21H,13H2,1H3,(H,23,24)(H2,20,22,25)/b17-12-. The minimum Gasteiger partial charge on any atom is -0.478 e. The highest BCUT2D eigenvalue weighted by Crippen LogP contribution is 2.12. The molecule has 4 N–H and O–H groups in total. The predicted octanol–water partition coefficient (Wildman–Crippen LogP) is 2.76. The van der Waals surface area contributed by atoms with Crippen molar-refractivity contribution < 1.29 is 14.7 Å². The number of carboxylic acid groups (broad SMARTS) is 1. The van der Waals surface area contributed by atoms with E-state index in [0.29, 0.717) is 6.54 Å². The molecule has 6 nitrogen and oxygen atoms in total. The van der Waals surface area contributed by atoms with Crippen molar-refractivity contribution in [2.24, 2.45) is 0 Å². The zero-order chi connectivity index (χ0) is 18.1. The summed E-state index contributed by atoms with van der Waals surface area (Å²) in [5.74, 6) is -1.03. The maximum atomic E-state index is 12.0. The Balaban J connectivity index is 1.95. The molecule has 25 heavy (non-hydrogen) atoms. The highest BCUT2D eigenvalue weighted by molar-refractivity contribution is 5.83. The van der Waals surface area contributed by atoms with Gasteiger partial charge in [-0.05, 0) is 18.1 Å². The highest BCUT2D eigenvalue weighted by atomic mass is 16.4. The minimum atomic E-state index is -1.15. The molecule has 1 unspecified atom stereocenters. The van der Waals surface area contributed by atoms with E-state index in [9.17, 15) is 9.59 Å². The van der Waals surface area contributed by atoms with E-state index in [2.05, 4.69) is 16.0 Å². The lowest BCUT2D eigenvalue weighted by Crippen LogP contribution is -2.39. The number of rotatable bonds is 7. The minimum absolute atomic E-state index is 0.120. The molecule has 2 rings (SSSR count). The molecule has 2 aromatic carbocycles. The average Bonchev–Trinajstić information content (AvgIpc) is 2.61. The second kappa shape index (κ2) is 9.12. The lowest BCUT2D eigenvalue weighted by atomic mass is 10.1. The normalized spacial score (nSPS) is 12.1. The van der Waals surface area contributed by atoms with Crippen molar-refractivity contribution in [3.05, 3.63) is 83.7 Å². The molecule has 0 saturated carbocycles. The maximum absolute atomic E-state index is 12.0. The van der Waals surface area contributed by atoms with Crippen molar-refractivity contribution >= 4 is 12.0 Å².